The van der Waals surface area contributed by atoms with Crippen molar-refractivity contribution in [2.24, 2.45) is 17.8 Å². The van der Waals surface area contributed by atoms with E-state index < -0.39 is 5.60 Å². The molecule has 2 heterocycles. The van der Waals surface area contributed by atoms with Crippen LogP contribution in [0, 0.1) is 17.8 Å². The third-order valence-corrected chi connectivity index (χ3v) is 5.39. The number of nitrogens with zero attached hydrogens (tertiary/aromatic N) is 1. The van der Waals surface area contributed by atoms with Gasteiger partial charge in [-0.05, 0) is 83.7 Å². The number of amides is 1. The molecule has 4 nitrogen and oxygen atoms in total. The van der Waals surface area contributed by atoms with Crippen LogP contribution in [0.3, 0.4) is 0 Å². The fraction of sp³-hybridized carbons (Fsp3) is 0.947. The van der Waals surface area contributed by atoms with Crippen LogP contribution >= 0.6 is 0 Å². The van der Waals surface area contributed by atoms with Crippen molar-refractivity contribution in [3.63, 3.8) is 0 Å². The third-order valence-electron chi connectivity index (χ3n) is 5.39. The van der Waals surface area contributed by atoms with E-state index in [1.54, 1.807) is 0 Å². The van der Waals surface area contributed by atoms with Crippen molar-refractivity contribution in [2.45, 2.75) is 71.8 Å². The summed E-state index contributed by atoms with van der Waals surface area (Å²) >= 11 is 0. The highest BCUT2D eigenvalue weighted by Crippen LogP contribution is 2.29. The normalized spacial score (nSPS) is 25.2. The molecule has 0 aliphatic carbocycles. The Morgan fingerprint density at radius 2 is 1.96 bits per heavy atom. The van der Waals surface area contributed by atoms with Gasteiger partial charge in [-0.1, -0.05) is 13.3 Å². The van der Waals surface area contributed by atoms with Crippen LogP contribution in [0.15, 0.2) is 0 Å². The van der Waals surface area contributed by atoms with E-state index in [-0.39, 0.29) is 6.09 Å². The molecular formula is C19H36N2O2. The van der Waals surface area contributed by atoms with Gasteiger partial charge in [-0.2, -0.15) is 0 Å². The molecule has 2 aliphatic rings. The van der Waals surface area contributed by atoms with Crippen molar-refractivity contribution in [3.05, 3.63) is 0 Å². The second-order valence-corrected chi connectivity index (χ2v) is 8.58. The molecule has 0 aromatic carbocycles. The maximum atomic E-state index is 12.2. The van der Waals surface area contributed by atoms with Crippen LogP contribution in [0.25, 0.3) is 0 Å². The monoisotopic (exact) mass is 324 g/mol. The minimum Gasteiger partial charge on any atom is -0.444 e. The van der Waals surface area contributed by atoms with Gasteiger partial charge in [-0.3, -0.25) is 0 Å². The molecule has 1 amide bonds. The summed E-state index contributed by atoms with van der Waals surface area (Å²) in [5.74, 6) is 2.36. The number of ether oxygens (including phenoxy) is 1. The lowest BCUT2D eigenvalue weighted by Gasteiger charge is -2.35. The Labute approximate surface area is 142 Å². The highest BCUT2D eigenvalue weighted by molar-refractivity contribution is 5.68. The molecule has 2 aliphatic heterocycles. The molecule has 4 heteroatoms. The quantitative estimate of drug-likeness (QED) is 0.848. The van der Waals surface area contributed by atoms with Crippen LogP contribution in [0.4, 0.5) is 4.79 Å². The second-order valence-electron chi connectivity index (χ2n) is 8.58. The molecule has 0 aromatic heterocycles. The maximum Gasteiger partial charge on any atom is 0.410 e. The van der Waals surface area contributed by atoms with Gasteiger partial charge >= 0.3 is 6.09 Å². The fourth-order valence-corrected chi connectivity index (χ4v) is 3.94. The van der Waals surface area contributed by atoms with Gasteiger partial charge in [0.25, 0.3) is 0 Å². The lowest BCUT2D eigenvalue weighted by atomic mass is 9.81. The third kappa shape index (κ3) is 6.33. The summed E-state index contributed by atoms with van der Waals surface area (Å²) < 4.78 is 5.53. The Hall–Kier alpha value is -0.770. The molecule has 23 heavy (non-hydrogen) atoms. The Balaban J connectivity index is 1.74. The zero-order valence-corrected chi connectivity index (χ0v) is 15.6. The Morgan fingerprint density at radius 3 is 2.61 bits per heavy atom. The molecule has 1 N–H and O–H groups in total. The fourth-order valence-electron chi connectivity index (χ4n) is 3.94. The minimum atomic E-state index is -0.395. The van der Waals surface area contributed by atoms with E-state index in [0.29, 0.717) is 5.92 Å². The molecule has 2 fully saturated rings. The predicted octanol–water partition coefficient (Wildman–Crippen LogP) is 4.05. The van der Waals surface area contributed by atoms with Gasteiger partial charge in [-0.25, -0.2) is 4.79 Å². The summed E-state index contributed by atoms with van der Waals surface area (Å²) in [6.07, 6.45) is 7.46. The second kappa shape index (κ2) is 8.36. The van der Waals surface area contributed by atoms with Crippen LogP contribution in [-0.2, 0) is 4.74 Å². The summed E-state index contributed by atoms with van der Waals surface area (Å²) in [4.78, 5) is 14.2. The van der Waals surface area contributed by atoms with Gasteiger partial charge in [0.15, 0.2) is 0 Å². The van der Waals surface area contributed by atoms with Crippen LogP contribution in [0.1, 0.15) is 66.2 Å². The number of carbonyl (C=O) groups excluding carboxylic acids is 1. The molecule has 134 valence electrons. The molecule has 2 unspecified atom stereocenters. The van der Waals surface area contributed by atoms with E-state index in [0.717, 1.165) is 31.3 Å². The minimum absolute atomic E-state index is 0.131. The number of carbonyl (C=O) groups is 1. The molecule has 0 radical (unpaired) electrons. The van der Waals surface area contributed by atoms with E-state index in [2.05, 4.69) is 12.2 Å². The number of hydrogen-bond acceptors (Lipinski definition) is 3. The number of piperidine rings is 2. The first-order valence-corrected chi connectivity index (χ1v) is 9.54. The van der Waals surface area contributed by atoms with Crippen molar-refractivity contribution < 1.29 is 9.53 Å². The maximum absolute atomic E-state index is 12.2. The lowest BCUT2D eigenvalue weighted by Crippen LogP contribution is -2.43. The molecule has 0 saturated carbocycles. The molecule has 0 aromatic rings. The van der Waals surface area contributed by atoms with Gasteiger partial charge < -0.3 is 15.0 Å². The number of nitrogens with one attached hydrogen (secondary N) is 1. The van der Waals surface area contributed by atoms with Gasteiger partial charge in [0, 0.05) is 13.1 Å². The van der Waals surface area contributed by atoms with Gasteiger partial charge in [0.05, 0.1) is 0 Å². The predicted molar refractivity (Wildman–Crippen MR) is 94.5 cm³/mol. The lowest BCUT2D eigenvalue weighted by molar-refractivity contribution is 0.0157. The highest BCUT2D eigenvalue weighted by atomic mass is 16.6. The molecule has 0 spiro atoms. The zero-order valence-electron chi connectivity index (χ0n) is 15.6. The van der Waals surface area contributed by atoms with E-state index >= 15 is 0 Å². The van der Waals surface area contributed by atoms with Gasteiger partial charge in [0.2, 0.25) is 0 Å². The van der Waals surface area contributed by atoms with Crippen LogP contribution in [0.2, 0.25) is 0 Å². The SMILES string of the molecule is CC(CCC1CCCN(C(=O)OC(C)(C)C)C1)C1CCNCC1. The largest absolute Gasteiger partial charge is 0.444 e. The van der Waals surface area contributed by atoms with E-state index in [4.69, 9.17) is 4.74 Å². The Morgan fingerprint density at radius 1 is 1.26 bits per heavy atom. The van der Waals surface area contributed by atoms with Crippen molar-refractivity contribution in [3.8, 4) is 0 Å². The zero-order chi connectivity index (χ0) is 16.9. The summed E-state index contributed by atoms with van der Waals surface area (Å²) in [6, 6.07) is 0. The summed E-state index contributed by atoms with van der Waals surface area (Å²) in [7, 11) is 0. The molecule has 2 saturated heterocycles. The van der Waals surface area contributed by atoms with Crippen LogP contribution in [0.5, 0.6) is 0 Å². The molecule has 0 bridgehead atoms. The number of hydrogen-bond donors (Lipinski definition) is 1. The number of rotatable bonds is 4. The van der Waals surface area contributed by atoms with Crippen LogP contribution in [-0.4, -0.2) is 42.8 Å². The average Bonchev–Trinajstić information content (AvgIpc) is 2.52. The molecular weight excluding hydrogens is 288 g/mol. The first kappa shape index (κ1) is 18.6. The van der Waals surface area contributed by atoms with Crippen molar-refractivity contribution >= 4 is 6.09 Å². The summed E-state index contributed by atoms with van der Waals surface area (Å²) in [6.45, 7) is 12.3. The Kier molecular flexibility index (Phi) is 6.75. The standard InChI is InChI=1S/C19H36N2O2/c1-15(17-9-11-20-12-10-17)7-8-16-6-5-13-21(14-16)18(22)23-19(2,3)4/h15-17,20H,5-14H2,1-4H3. The smallest absolute Gasteiger partial charge is 0.410 e. The molecule has 2 rings (SSSR count). The highest BCUT2D eigenvalue weighted by Gasteiger charge is 2.28. The first-order chi connectivity index (χ1) is 10.8. The molecule has 2 atom stereocenters. The van der Waals surface area contributed by atoms with Gasteiger partial charge in [0.1, 0.15) is 5.60 Å². The van der Waals surface area contributed by atoms with Crippen molar-refractivity contribution in [1.29, 1.82) is 0 Å². The number of likely N-dealkylation sites (tertiary alicyclic amines) is 1. The average molecular weight is 325 g/mol. The van der Waals surface area contributed by atoms with Crippen molar-refractivity contribution in [2.75, 3.05) is 26.2 Å². The van der Waals surface area contributed by atoms with E-state index in [9.17, 15) is 4.79 Å². The van der Waals surface area contributed by atoms with Crippen LogP contribution < -0.4 is 5.32 Å². The van der Waals surface area contributed by atoms with E-state index in [1.807, 2.05) is 25.7 Å². The first-order valence-electron chi connectivity index (χ1n) is 9.54. The van der Waals surface area contributed by atoms with Gasteiger partial charge in [-0.15, -0.1) is 0 Å². The van der Waals surface area contributed by atoms with E-state index in [1.165, 1.54) is 45.2 Å². The topological polar surface area (TPSA) is 41.6 Å². The van der Waals surface area contributed by atoms with Crippen molar-refractivity contribution in [1.82, 2.24) is 10.2 Å². The summed E-state index contributed by atoms with van der Waals surface area (Å²) in [5.41, 5.74) is -0.395. The Bertz CT molecular complexity index is 372. The summed E-state index contributed by atoms with van der Waals surface area (Å²) in [5, 5.41) is 3.45.